The van der Waals surface area contributed by atoms with Gasteiger partial charge in [0.05, 0.1) is 4.92 Å². The standard InChI is InChI=1S/C13H19N3O4/c1-15(9-3-2-4-10-17)13(18)14-11-5-7-12(8-6-11)16(19)20/h5-8,17H,2-4,9-10H2,1H3,(H,14,18). The molecule has 0 aliphatic heterocycles. The molecule has 0 aliphatic rings. The third-order valence-electron chi connectivity index (χ3n) is 2.83. The highest BCUT2D eigenvalue weighted by atomic mass is 16.6. The molecule has 0 bridgehead atoms. The van der Waals surface area contributed by atoms with Crippen LogP contribution in [0.1, 0.15) is 19.3 Å². The predicted molar refractivity (Wildman–Crippen MR) is 75.7 cm³/mol. The Morgan fingerprint density at radius 2 is 1.95 bits per heavy atom. The van der Waals surface area contributed by atoms with Crippen LogP contribution in [0.25, 0.3) is 0 Å². The number of nitrogens with one attached hydrogen (secondary N) is 1. The third kappa shape index (κ3) is 5.23. The number of nitrogens with zero attached hydrogens (tertiary/aromatic N) is 2. The lowest BCUT2D eigenvalue weighted by atomic mass is 10.2. The van der Waals surface area contributed by atoms with Gasteiger partial charge in [0.25, 0.3) is 5.69 Å². The van der Waals surface area contributed by atoms with E-state index in [1.807, 2.05) is 0 Å². The number of hydrogen-bond acceptors (Lipinski definition) is 4. The number of aliphatic hydroxyl groups excluding tert-OH is 1. The zero-order chi connectivity index (χ0) is 15.0. The van der Waals surface area contributed by atoms with Crippen molar-refractivity contribution in [2.45, 2.75) is 19.3 Å². The number of carbonyl (C=O) groups excluding carboxylic acids is 1. The summed E-state index contributed by atoms with van der Waals surface area (Å²) >= 11 is 0. The molecule has 1 rings (SSSR count). The normalized spacial score (nSPS) is 10.1. The molecule has 0 heterocycles. The number of aliphatic hydroxyl groups is 1. The van der Waals surface area contributed by atoms with Crippen LogP contribution in [0.15, 0.2) is 24.3 Å². The smallest absolute Gasteiger partial charge is 0.321 e. The second-order valence-electron chi connectivity index (χ2n) is 4.44. The Balaban J connectivity index is 2.42. The minimum absolute atomic E-state index is 0.0136. The average Bonchev–Trinajstić information content (AvgIpc) is 2.44. The van der Waals surface area contributed by atoms with Crippen LogP contribution in [0, 0.1) is 10.1 Å². The number of carbonyl (C=O) groups is 1. The molecular weight excluding hydrogens is 262 g/mol. The average molecular weight is 281 g/mol. The molecule has 0 radical (unpaired) electrons. The molecule has 0 fully saturated rings. The summed E-state index contributed by atoms with van der Waals surface area (Å²) in [6.07, 6.45) is 2.42. The number of urea groups is 1. The van der Waals surface area contributed by atoms with Crippen LogP contribution >= 0.6 is 0 Å². The number of nitro groups is 1. The minimum Gasteiger partial charge on any atom is -0.396 e. The SMILES string of the molecule is CN(CCCCCO)C(=O)Nc1ccc([N+](=O)[O-])cc1. The number of nitro benzene ring substituents is 1. The summed E-state index contributed by atoms with van der Waals surface area (Å²) in [6.45, 7) is 0.761. The Bertz CT molecular complexity index is 447. The van der Waals surface area contributed by atoms with Gasteiger partial charge in [0, 0.05) is 38.0 Å². The van der Waals surface area contributed by atoms with Crippen molar-refractivity contribution in [1.82, 2.24) is 4.90 Å². The van der Waals surface area contributed by atoms with E-state index in [0.29, 0.717) is 12.2 Å². The number of rotatable bonds is 7. The molecule has 0 aliphatic carbocycles. The van der Waals surface area contributed by atoms with Crippen molar-refractivity contribution in [3.05, 3.63) is 34.4 Å². The van der Waals surface area contributed by atoms with E-state index in [2.05, 4.69) is 5.32 Å². The van der Waals surface area contributed by atoms with Crippen LogP contribution in [-0.2, 0) is 0 Å². The maximum absolute atomic E-state index is 11.8. The summed E-state index contributed by atoms with van der Waals surface area (Å²) in [6, 6.07) is 5.42. The number of benzene rings is 1. The van der Waals surface area contributed by atoms with Crippen molar-refractivity contribution in [2.75, 3.05) is 25.5 Å². The van der Waals surface area contributed by atoms with Crippen molar-refractivity contribution < 1.29 is 14.8 Å². The van der Waals surface area contributed by atoms with Crippen LogP contribution in [0.5, 0.6) is 0 Å². The van der Waals surface area contributed by atoms with Gasteiger partial charge in [-0.15, -0.1) is 0 Å². The fourth-order valence-corrected chi connectivity index (χ4v) is 1.62. The molecule has 0 unspecified atom stereocenters. The van der Waals surface area contributed by atoms with Crippen molar-refractivity contribution >= 4 is 17.4 Å². The maximum Gasteiger partial charge on any atom is 0.321 e. The summed E-state index contributed by atoms with van der Waals surface area (Å²) in [5, 5.41) is 21.8. The van der Waals surface area contributed by atoms with Crippen LogP contribution in [-0.4, -0.2) is 41.2 Å². The van der Waals surface area contributed by atoms with Gasteiger partial charge in [0.1, 0.15) is 0 Å². The molecule has 0 saturated carbocycles. The first-order valence-corrected chi connectivity index (χ1v) is 6.42. The van der Waals surface area contributed by atoms with Crippen LogP contribution in [0.2, 0.25) is 0 Å². The molecule has 1 aromatic carbocycles. The highest BCUT2D eigenvalue weighted by molar-refractivity contribution is 5.89. The van der Waals surface area contributed by atoms with Crippen LogP contribution in [0.3, 0.4) is 0 Å². The number of unbranched alkanes of at least 4 members (excludes halogenated alkanes) is 2. The van der Waals surface area contributed by atoms with E-state index in [9.17, 15) is 14.9 Å². The maximum atomic E-state index is 11.8. The third-order valence-corrected chi connectivity index (χ3v) is 2.83. The van der Waals surface area contributed by atoms with E-state index in [4.69, 9.17) is 5.11 Å². The van der Waals surface area contributed by atoms with Gasteiger partial charge in [0.15, 0.2) is 0 Å². The number of hydrogen-bond donors (Lipinski definition) is 2. The van der Waals surface area contributed by atoms with E-state index in [0.717, 1.165) is 19.3 Å². The Hall–Kier alpha value is -2.15. The molecule has 110 valence electrons. The topological polar surface area (TPSA) is 95.7 Å². The molecule has 0 saturated heterocycles. The van der Waals surface area contributed by atoms with Crippen LogP contribution in [0.4, 0.5) is 16.2 Å². The molecule has 1 aromatic rings. The lowest BCUT2D eigenvalue weighted by Crippen LogP contribution is -2.32. The van der Waals surface area contributed by atoms with Gasteiger partial charge in [-0.25, -0.2) is 4.79 Å². The highest BCUT2D eigenvalue weighted by Crippen LogP contribution is 2.15. The summed E-state index contributed by atoms with van der Waals surface area (Å²) in [5.74, 6) is 0. The van der Waals surface area contributed by atoms with Crippen molar-refractivity contribution in [1.29, 1.82) is 0 Å². The van der Waals surface area contributed by atoms with Gasteiger partial charge in [-0.1, -0.05) is 0 Å². The van der Waals surface area contributed by atoms with E-state index >= 15 is 0 Å². The zero-order valence-corrected chi connectivity index (χ0v) is 11.4. The van der Waals surface area contributed by atoms with E-state index in [-0.39, 0.29) is 18.3 Å². The van der Waals surface area contributed by atoms with Crippen molar-refractivity contribution in [3.8, 4) is 0 Å². The molecule has 7 nitrogen and oxygen atoms in total. The molecule has 20 heavy (non-hydrogen) atoms. The molecule has 2 amide bonds. The summed E-state index contributed by atoms with van der Waals surface area (Å²) in [7, 11) is 1.68. The van der Waals surface area contributed by atoms with Gasteiger partial charge in [-0.3, -0.25) is 10.1 Å². The first-order valence-electron chi connectivity index (χ1n) is 6.42. The van der Waals surface area contributed by atoms with Gasteiger partial charge in [0.2, 0.25) is 0 Å². The molecule has 0 spiro atoms. The predicted octanol–water partition coefficient (Wildman–Crippen LogP) is 2.22. The number of non-ortho nitro benzene ring substituents is 1. The molecule has 2 N–H and O–H groups in total. The first kappa shape index (κ1) is 15.9. The molecule has 7 heteroatoms. The number of anilines is 1. The van der Waals surface area contributed by atoms with E-state index in [1.165, 1.54) is 24.3 Å². The largest absolute Gasteiger partial charge is 0.396 e. The van der Waals surface area contributed by atoms with Gasteiger partial charge in [-0.05, 0) is 31.4 Å². The van der Waals surface area contributed by atoms with Gasteiger partial charge in [-0.2, -0.15) is 0 Å². The second kappa shape index (κ2) is 8.11. The Labute approximate surface area is 117 Å². The molecule has 0 aromatic heterocycles. The highest BCUT2D eigenvalue weighted by Gasteiger charge is 2.09. The molecule has 0 atom stereocenters. The zero-order valence-electron chi connectivity index (χ0n) is 11.4. The first-order chi connectivity index (χ1) is 9.54. The quantitative estimate of drug-likeness (QED) is 0.455. The minimum atomic E-state index is -0.487. The Kier molecular flexibility index (Phi) is 6.45. The van der Waals surface area contributed by atoms with Gasteiger partial charge >= 0.3 is 6.03 Å². The van der Waals surface area contributed by atoms with Crippen molar-refractivity contribution in [2.24, 2.45) is 0 Å². The van der Waals surface area contributed by atoms with Gasteiger partial charge < -0.3 is 15.3 Å². The summed E-state index contributed by atoms with van der Waals surface area (Å²) in [4.78, 5) is 23.4. The monoisotopic (exact) mass is 281 g/mol. The van der Waals surface area contributed by atoms with E-state index < -0.39 is 4.92 Å². The summed E-state index contributed by atoms with van der Waals surface area (Å²) in [5.41, 5.74) is 0.503. The van der Waals surface area contributed by atoms with Crippen LogP contribution < -0.4 is 5.32 Å². The lowest BCUT2D eigenvalue weighted by molar-refractivity contribution is -0.384. The second-order valence-corrected chi connectivity index (χ2v) is 4.44. The number of amides is 2. The summed E-state index contributed by atoms with van der Waals surface area (Å²) < 4.78 is 0. The lowest BCUT2D eigenvalue weighted by Gasteiger charge is -2.17. The fourth-order valence-electron chi connectivity index (χ4n) is 1.62. The Morgan fingerprint density at radius 3 is 2.50 bits per heavy atom. The van der Waals surface area contributed by atoms with E-state index in [1.54, 1.807) is 11.9 Å². The van der Waals surface area contributed by atoms with Crippen molar-refractivity contribution in [3.63, 3.8) is 0 Å². The molecular formula is C13H19N3O4. The Morgan fingerprint density at radius 1 is 1.30 bits per heavy atom. The fraction of sp³-hybridized carbons (Fsp3) is 0.462.